The molecule has 4 nitrogen and oxygen atoms in total. The van der Waals surface area contributed by atoms with Gasteiger partial charge in [-0.2, -0.15) is 0 Å². The highest BCUT2D eigenvalue weighted by molar-refractivity contribution is 7.99. The largest absolute Gasteiger partial charge is 0.340 e. The molecule has 1 N–H and O–H groups in total. The van der Waals surface area contributed by atoms with Crippen LogP contribution in [-0.2, 0) is 4.79 Å². The van der Waals surface area contributed by atoms with Gasteiger partial charge in [-0.05, 0) is 19.2 Å². The number of nitrogens with zero attached hydrogens (tertiary/aromatic N) is 2. The minimum absolute atomic E-state index is 0.131. The van der Waals surface area contributed by atoms with E-state index >= 15 is 0 Å². The van der Waals surface area contributed by atoms with Gasteiger partial charge in [-0.25, -0.2) is 0 Å². The van der Waals surface area contributed by atoms with E-state index in [0.29, 0.717) is 12.2 Å². The van der Waals surface area contributed by atoms with Crippen LogP contribution in [0.5, 0.6) is 0 Å². The van der Waals surface area contributed by atoms with Crippen LogP contribution in [0.4, 0.5) is 0 Å². The Morgan fingerprint density at radius 3 is 2.55 bits per heavy atom. The minimum atomic E-state index is -0.327. The van der Waals surface area contributed by atoms with Crippen LogP contribution in [0.1, 0.15) is 6.42 Å². The van der Waals surface area contributed by atoms with Gasteiger partial charge in [-0.15, -0.1) is 11.8 Å². The van der Waals surface area contributed by atoms with E-state index in [1.165, 1.54) is 0 Å². The zero-order chi connectivity index (χ0) is 14.4. The van der Waals surface area contributed by atoms with Crippen molar-refractivity contribution in [2.24, 2.45) is 0 Å². The van der Waals surface area contributed by atoms with Crippen LogP contribution in [-0.4, -0.2) is 60.7 Å². The number of thioether (sulfide) groups is 1. The van der Waals surface area contributed by atoms with Crippen molar-refractivity contribution < 1.29 is 4.79 Å². The van der Waals surface area contributed by atoms with Gasteiger partial charge >= 0.3 is 0 Å². The Morgan fingerprint density at radius 2 is 1.90 bits per heavy atom. The lowest BCUT2D eigenvalue weighted by molar-refractivity contribution is -0.133. The second-order valence-corrected chi connectivity index (χ2v) is 6.30. The SMILES string of the molecule is CN1CCN(C(=O)C[C@@H]([NH])CSc2ccccc2)CC1. The zero-order valence-electron chi connectivity index (χ0n) is 11.9. The lowest BCUT2D eigenvalue weighted by Crippen LogP contribution is -2.48. The molecule has 0 saturated carbocycles. The number of likely N-dealkylation sites (N-methyl/N-ethyl adjacent to an activating group) is 1. The van der Waals surface area contributed by atoms with Crippen LogP contribution in [0.15, 0.2) is 35.2 Å². The molecule has 1 saturated heterocycles. The first kappa shape index (κ1) is 15.4. The molecule has 5 heteroatoms. The summed E-state index contributed by atoms with van der Waals surface area (Å²) in [5.41, 5.74) is 8.03. The van der Waals surface area contributed by atoms with E-state index in [0.717, 1.165) is 31.1 Å². The highest BCUT2D eigenvalue weighted by Gasteiger charge is 2.21. The van der Waals surface area contributed by atoms with Crippen LogP contribution in [0.2, 0.25) is 0 Å². The van der Waals surface area contributed by atoms with E-state index in [1.54, 1.807) is 11.8 Å². The summed E-state index contributed by atoms with van der Waals surface area (Å²) in [7, 11) is 2.08. The molecule has 1 heterocycles. The van der Waals surface area contributed by atoms with Crippen molar-refractivity contribution in [2.45, 2.75) is 17.4 Å². The van der Waals surface area contributed by atoms with Crippen LogP contribution in [0, 0.1) is 0 Å². The molecule has 0 unspecified atom stereocenters. The van der Waals surface area contributed by atoms with E-state index in [2.05, 4.69) is 11.9 Å². The number of benzene rings is 1. The molecule has 1 aliphatic rings. The smallest absolute Gasteiger partial charge is 0.224 e. The third-order valence-electron chi connectivity index (χ3n) is 3.47. The number of carbonyl (C=O) groups excluding carboxylic acids is 1. The van der Waals surface area contributed by atoms with Gasteiger partial charge in [-0.1, -0.05) is 18.2 Å². The van der Waals surface area contributed by atoms with Gasteiger partial charge in [0, 0.05) is 49.3 Å². The predicted octanol–water partition coefficient (Wildman–Crippen LogP) is 1.59. The number of hydrogen-bond donors (Lipinski definition) is 0. The Bertz CT molecular complexity index is 418. The van der Waals surface area contributed by atoms with E-state index in [9.17, 15) is 4.79 Å². The first-order chi connectivity index (χ1) is 9.65. The van der Waals surface area contributed by atoms with Crippen LogP contribution < -0.4 is 5.73 Å². The molecule has 1 fully saturated rings. The van der Waals surface area contributed by atoms with Gasteiger partial charge in [0.05, 0.1) is 0 Å². The van der Waals surface area contributed by atoms with E-state index in [1.807, 2.05) is 35.2 Å². The van der Waals surface area contributed by atoms with Crippen LogP contribution in [0.25, 0.3) is 0 Å². The first-order valence-electron chi connectivity index (χ1n) is 7.00. The summed E-state index contributed by atoms with van der Waals surface area (Å²) >= 11 is 1.65. The molecule has 1 radical (unpaired) electrons. The molecule has 1 aliphatic heterocycles. The molecular formula is C15H22N3OS. The Labute approximate surface area is 125 Å². The van der Waals surface area contributed by atoms with E-state index in [4.69, 9.17) is 5.73 Å². The van der Waals surface area contributed by atoms with Crippen molar-refractivity contribution in [3.05, 3.63) is 30.3 Å². The van der Waals surface area contributed by atoms with Gasteiger partial charge in [0.2, 0.25) is 5.91 Å². The second-order valence-electron chi connectivity index (χ2n) is 5.21. The zero-order valence-corrected chi connectivity index (χ0v) is 12.7. The fourth-order valence-electron chi connectivity index (χ4n) is 2.17. The van der Waals surface area contributed by atoms with Gasteiger partial charge in [-0.3, -0.25) is 10.5 Å². The van der Waals surface area contributed by atoms with Crippen molar-refractivity contribution >= 4 is 17.7 Å². The third kappa shape index (κ3) is 4.81. The predicted molar refractivity (Wildman–Crippen MR) is 82.7 cm³/mol. The lowest BCUT2D eigenvalue weighted by atomic mass is 10.2. The molecule has 1 aromatic carbocycles. The monoisotopic (exact) mass is 292 g/mol. The molecule has 1 amide bonds. The Balaban J connectivity index is 1.71. The van der Waals surface area contributed by atoms with Crippen molar-refractivity contribution in [3.8, 4) is 0 Å². The normalized spacial score (nSPS) is 18.0. The topological polar surface area (TPSA) is 47.4 Å². The molecule has 109 valence electrons. The molecule has 1 atom stereocenters. The molecule has 0 aliphatic carbocycles. The molecule has 0 aromatic heterocycles. The standard InChI is InChI=1S/C15H22N3OS/c1-17-7-9-18(10-8-17)15(19)11-13(16)12-20-14-5-3-2-4-6-14/h2-6,13,16H,7-12H2,1H3/t13-/m1/s1. The van der Waals surface area contributed by atoms with Gasteiger partial charge in [0.15, 0.2) is 0 Å². The summed E-state index contributed by atoms with van der Waals surface area (Å²) in [6.07, 6.45) is 0.337. The summed E-state index contributed by atoms with van der Waals surface area (Å²) in [5.74, 6) is 0.801. The maximum atomic E-state index is 12.1. The Morgan fingerprint density at radius 1 is 1.25 bits per heavy atom. The van der Waals surface area contributed by atoms with Gasteiger partial charge in [0.1, 0.15) is 0 Å². The number of carbonyl (C=O) groups is 1. The fraction of sp³-hybridized carbons (Fsp3) is 0.533. The van der Waals surface area contributed by atoms with Gasteiger partial charge in [0.25, 0.3) is 0 Å². The molecule has 20 heavy (non-hydrogen) atoms. The highest BCUT2D eigenvalue weighted by Crippen LogP contribution is 2.18. The van der Waals surface area contributed by atoms with Crippen molar-refractivity contribution in [3.63, 3.8) is 0 Å². The molecule has 0 bridgehead atoms. The number of nitrogens with one attached hydrogen (secondary N) is 1. The number of hydrogen-bond acceptors (Lipinski definition) is 3. The Kier molecular flexibility index (Phi) is 5.88. The molecule has 0 spiro atoms. The van der Waals surface area contributed by atoms with Crippen molar-refractivity contribution in [1.29, 1.82) is 0 Å². The summed E-state index contributed by atoms with van der Waals surface area (Å²) in [5, 5.41) is 0. The Hall–Kier alpha value is -1.04. The average Bonchev–Trinajstić information content (AvgIpc) is 2.47. The average molecular weight is 292 g/mol. The molecule has 2 rings (SSSR count). The van der Waals surface area contributed by atoms with Crippen molar-refractivity contribution in [2.75, 3.05) is 39.0 Å². The van der Waals surface area contributed by atoms with Crippen LogP contribution >= 0.6 is 11.8 Å². The third-order valence-corrected chi connectivity index (χ3v) is 4.65. The quantitative estimate of drug-likeness (QED) is 0.774. The summed E-state index contributed by atoms with van der Waals surface area (Å²) in [4.78, 5) is 17.4. The van der Waals surface area contributed by atoms with Crippen molar-refractivity contribution in [1.82, 2.24) is 15.5 Å². The summed E-state index contributed by atoms with van der Waals surface area (Å²) in [6.45, 7) is 3.47. The minimum Gasteiger partial charge on any atom is -0.340 e. The molecular weight excluding hydrogens is 270 g/mol. The highest BCUT2D eigenvalue weighted by atomic mass is 32.2. The fourth-order valence-corrected chi connectivity index (χ4v) is 3.03. The second kappa shape index (κ2) is 7.67. The number of amides is 1. The first-order valence-corrected chi connectivity index (χ1v) is 7.99. The van der Waals surface area contributed by atoms with E-state index < -0.39 is 0 Å². The molecule has 1 aromatic rings. The number of rotatable bonds is 5. The number of piperazine rings is 1. The van der Waals surface area contributed by atoms with Crippen LogP contribution in [0.3, 0.4) is 0 Å². The summed E-state index contributed by atoms with van der Waals surface area (Å²) in [6, 6.07) is 9.73. The maximum Gasteiger partial charge on any atom is 0.224 e. The lowest BCUT2D eigenvalue weighted by Gasteiger charge is -2.32. The maximum absolute atomic E-state index is 12.1. The summed E-state index contributed by atoms with van der Waals surface area (Å²) < 4.78 is 0. The van der Waals surface area contributed by atoms with E-state index in [-0.39, 0.29) is 11.9 Å². The van der Waals surface area contributed by atoms with Gasteiger partial charge < -0.3 is 9.80 Å².